The van der Waals surface area contributed by atoms with Crippen LogP contribution in [0.1, 0.15) is 63.0 Å². The molecular formula is C29H38N2O5. The summed E-state index contributed by atoms with van der Waals surface area (Å²) in [6.07, 6.45) is 10.7. The summed E-state index contributed by atoms with van der Waals surface area (Å²) < 4.78 is 16.8. The molecule has 0 unspecified atom stereocenters. The standard InChI is InChI=1S/C29H38N2O5/c1-2-3-4-16-34-26-12-8-23(9-13-26)29(33)36-27-10-5-21(6-11-27)7-14-28(32)35-17-15-22-18-24(30)20-25(31)19-22/h5-7,10-11,14,18-20,23,26H,2-4,8-9,12-13,15-17,30-31H2,1H3. The Hall–Kier alpha value is -3.32. The van der Waals surface area contributed by atoms with Crippen LogP contribution in [0.25, 0.3) is 6.08 Å². The highest BCUT2D eigenvalue weighted by molar-refractivity contribution is 5.87. The second-order valence-corrected chi connectivity index (χ2v) is 9.30. The van der Waals surface area contributed by atoms with E-state index in [1.165, 1.54) is 18.9 Å². The van der Waals surface area contributed by atoms with Gasteiger partial charge >= 0.3 is 11.9 Å². The fourth-order valence-corrected chi connectivity index (χ4v) is 4.29. The molecule has 7 nitrogen and oxygen atoms in total. The van der Waals surface area contributed by atoms with E-state index >= 15 is 0 Å². The van der Waals surface area contributed by atoms with Gasteiger partial charge in [-0.15, -0.1) is 0 Å². The Morgan fingerprint density at radius 2 is 1.64 bits per heavy atom. The number of nitrogen functional groups attached to an aromatic ring is 2. The lowest BCUT2D eigenvalue weighted by atomic mass is 9.87. The second kappa shape index (κ2) is 14.3. The van der Waals surface area contributed by atoms with Crippen molar-refractivity contribution in [2.45, 2.75) is 64.4 Å². The molecule has 36 heavy (non-hydrogen) atoms. The van der Waals surface area contributed by atoms with Crippen molar-refractivity contribution in [3.63, 3.8) is 0 Å². The van der Waals surface area contributed by atoms with Crippen LogP contribution < -0.4 is 16.2 Å². The van der Waals surface area contributed by atoms with Crippen molar-refractivity contribution in [1.82, 2.24) is 0 Å². The maximum atomic E-state index is 12.6. The van der Waals surface area contributed by atoms with Crippen LogP contribution in [-0.2, 0) is 25.5 Å². The first kappa shape index (κ1) is 27.3. The molecule has 3 rings (SSSR count). The molecule has 4 N–H and O–H groups in total. The molecule has 0 radical (unpaired) electrons. The molecule has 0 saturated heterocycles. The van der Waals surface area contributed by atoms with Crippen LogP contribution in [0.3, 0.4) is 0 Å². The van der Waals surface area contributed by atoms with Gasteiger partial charge in [-0.05, 0) is 79.6 Å². The number of ether oxygens (including phenoxy) is 3. The van der Waals surface area contributed by atoms with Gasteiger partial charge in [0.1, 0.15) is 5.75 Å². The number of esters is 2. The highest BCUT2D eigenvalue weighted by atomic mass is 16.5. The largest absolute Gasteiger partial charge is 0.462 e. The molecule has 0 amide bonds. The molecule has 1 aliphatic rings. The molecular weight excluding hydrogens is 456 g/mol. The predicted molar refractivity (Wildman–Crippen MR) is 142 cm³/mol. The number of hydrogen-bond donors (Lipinski definition) is 2. The van der Waals surface area contributed by atoms with Gasteiger partial charge in [-0.3, -0.25) is 4.79 Å². The Bertz CT molecular complexity index is 991. The number of rotatable bonds is 12. The summed E-state index contributed by atoms with van der Waals surface area (Å²) in [5, 5.41) is 0. The third-order valence-corrected chi connectivity index (χ3v) is 6.29. The van der Waals surface area contributed by atoms with Crippen molar-refractivity contribution < 1.29 is 23.8 Å². The lowest BCUT2D eigenvalue weighted by Crippen LogP contribution is -2.29. The summed E-state index contributed by atoms with van der Waals surface area (Å²) >= 11 is 0. The minimum atomic E-state index is -0.438. The topological polar surface area (TPSA) is 114 Å². The third kappa shape index (κ3) is 9.38. The second-order valence-electron chi connectivity index (χ2n) is 9.30. The van der Waals surface area contributed by atoms with E-state index in [0.29, 0.717) is 23.5 Å². The summed E-state index contributed by atoms with van der Waals surface area (Å²) in [5.41, 5.74) is 14.4. The maximum absolute atomic E-state index is 12.6. The van der Waals surface area contributed by atoms with Crippen molar-refractivity contribution in [2.75, 3.05) is 24.7 Å². The van der Waals surface area contributed by atoms with Crippen LogP contribution >= 0.6 is 0 Å². The van der Waals surface area contributed by atoms with E-state index < -0.39 is 5.97 Å². The van der Waals surface area contributed by atoms with Crippen LogP contribution in [0.15, 0.2) is 48.5 Å². The monoisotopic (exact) mass is 494 g/mol. The first-order valence-corrected chi connectivity index (χ1v) is 12.9. The van der Waals surface area contributed by atoms with Crippen molar-refractivity contribution in [3.8, 4) is 5.75 Å². The van der Waals surface area contributed by atoms with Crippen LogP contribution in [0.4, 0.5) is 11.4 Å². The van der Waals surface area contributed by atoms with Crippen molar-refractivity contribution in [1.29, 1.82) is 0 Å². The number of hydrogen-bond acceptors (Lipinski definition) is 7. The Labute approximate surface area is 213 Å². The maximum Gasteiger partial charge on any atom is 0.330 e. The molecule has 0 aromatic heterocycles. The molecule has 1 aliphatic carbocycles. The van der Waals surface area contributed by atoms with E-state index in [1.807, 2.05) is 12.1 Å². The zero-order valence-corrected chi connectivity index (χ0v) is 21.1. The molecule has 1 fully saturated rings. The van der Waals surface area contributed by atoms with E-state index in [-0.39, 0.29) is 24.6 Å². The number of nitrogens with two attached hydrogens (primary N) is 2. The first-order chi connectivity index (χ1) is 17.4. The number of anilines is 2. The van der Waals surface area contributed by atoms with E-state index in [2.05, 4.69) is 6.92 Å². The number of benzene rings is 2. The minimum absolute atomic E-state index is 0.0846. The Morgan fingerprint density at radius 1 is 0.944 bits per heavy atom. The Balaban J connectivity index is 1.36. The Kier molecular flexibility index (Phi) is 10.8. The van der Waals surface area contributed by atoms with Gasteiger partial charge in [0.25, 0.3) is 0 Å². The molecule has 0 atom stereocenters. The van der Waals surface area contributed by atoms with E-state index in [4.69, 9.17) is 25.7 Å². The van der Waals surface area contributed by atoms with Gasteiger partial charge in [0, 0.05) is 30.5 Å². The molecule has 2 aromatic rings. The molecule has 0 aliphatic heterocycles. The SMILES string of the molecule is CCCCCOC1CCC(C(=O)Oc2ccc(C=CC(=O)OCCc3cc(N)cc(N)c3)cc2)CC1. The zero-order chi connectivity index (χ0) is 25.8. The van der Waals surface area contributed by atoms with Crippen LogP contribution in [0, 0.1) is 5.92 Å². The van der Waals surface area contributed by atoms with E-state index in [9.17, 15) is 9.59 Å². The smallest absolute Gasteiger partial charge is 0.330 e. The third-order valence-electron chi connectivity index (χ3n) is 6.29. The van der Waals surface area contributed by atoms with Gasteiger partial charge in [-0.25, -0.2) is 4.79 Å². The molecule has 194 valence electrons. The molecule has 0 spiro atoms. The predicted octanol–water partition coefficient (Wildman–Crippen LogP) is 5.32. The van der Waals surface area contributed by atoms with Crippen LogP contribution in [-0.4, -0.2) is 31.3 Å². The molecule has 2 aromatic carbocycles. The highest BCUT2D eigenvalue weighted by Crippen LogP contribution is 2.28. The highest BCUT2D eigenvalue weighted by Gasteiger charge is 2.28. The molecule has 1 saturated carbocycles. The quantitative estimate of drug-likeness (QED) is 0.135. The summed E-state index contributed by atoms with van der Waals surface area (Å²) in [6.45, 7) is 3.22. The van der Waals surface area contributed by atoms with Crippen LogP contribution in [0.5, 0.6) is 5.75 Å². The average molecular weight is 495 g/mol. The Morgan fingerprint density at radius 3 is 2.31 bits per heavy atom. The minimum Gasteiger partial charge on any atom is -0.462 e. The lowest BCUT2D eigenvalue weighted by molar-refractivity contribution is -0.141. The molecule has 7 heteroatoms. The summed E-state index contributed by atoms with van der Waals surface area (Å²) in [6, 6.07) is 12.4. The van der Waals surface area contributed by atoms with E-state index in [1.54, 1.807) is 36.4 Å². The molecule has 0 bridgehead atoms. The number of carbonyl (C=O) groups is 2. The van der Waals surface area contributed by atoms with Gasteiger partial charge in [-0.1, -0.05) is 31.9 Å². The van der Waals surface area contributed by atoms with Gasteiger partial charge in [0.05, 0.1) is 18.6 Å². The fourth-order valence-electron chi connectivity index (χ4n) is 4.29. The first-order valence-electron chi connectivity index (χ1n) is 12.9. The average Bonchev–Trinajstić information content (AvgIpc) is 2.86. The number of unbranched alkanes of at least 4 members (excludes halogenated alkanes) is 2. The summed E-state index contributed by atoms with van der Waals surface area (Å²) in [4.78, 5) is 24.6. The van der Waals surface area contributed by atoms with Crippen molar-refractivity contribution >= 4 is 29.4 Å². The molecule has 0 heterocycles. The van der Waals surface area contributed by atoms with Crippen LogP contribution in [0.2, 0.25) is 0 Å². The van der Waals surface area contributed by atoms with Gasteiger partial charge in [-0.2, -0.15) is 0 Å². The van der Waals surface area contributed by atoms with E-state index in [0.717, 1.165) is 49.8 Å². The van der Waals surface area contributed by atoms with Crippen molar-refractivity contribution in [3.05, 3.63) is 59.7 Å². The zero-order valence-electron chi connectivity index (χ0n) is 21.1. The number of carbonyl (C=O) groups excluding carboxylic acids is 2. The van der Waals surface area contributed by atoms with Gasteiger partial charge in [0.2, 0.25) is 0 Å². The fraction of sp³-hybridized carbons (Fsp3) is 0.448. The lowest BCUT2D eigenvalue weighted by Gasteiger charge is -2.27. The normalized spacial score (nSPS) is 17.7. The van der Waals surface area contributed by atoms with Crippen molar-refractivity contribution in [2.24, 2.45) is 5.92 Å². The summed E-state index contributed by atoms with van der Waals surface area (Å²) in [7, 11) is 0. The van der Waals surface area contributed by atoms with Gasteiger partial charge < -0.3 is 25.7 Å². The summed E-state index contributed by atoms with van der Waals surface area (Å²) in [5.74, 6) is -0.210. The van der Waals surface area contributed by atoms with Gasteiger partial charge in [0.15, 0.2) is 0 Å².